The molecule has 0 saturated heterocycles. The van der Waals surface area contributed by atoms with Crippen LogP contribution in [-0.2, 0) is 22.7 Å². The molecule has 0 bridgehead atoms. The summed E-state index contributed by atoms with van der Waals surface area (Å²) >= 11 is 163. The number of methoxy groups -OCH3 is 4. The van der Waals surface area contributed by atoms with Crippen LogP contribution in [-0.4, -0.2) is 38.8 Å². The molecule has 4 aromatic rings. The molecule has 4 N–H and O–H groups in total. The van der Waals surface area contributed by atoms with Gasteiger partial charge < -0.3 is 39.5 Å². The summed E-state index contributed by atoms with van der Waals surface area (Å²) < 4.78 is 30.6. The summed E-state index contributed by atoms with van der Waals surface area (Å²) in [5.74, 6) is 1.71. The first-order valence-corrected chi connectivity index (χ1v) is 588. The van der Waals surface area contributed by atoms with E-state index in [9.17, 15) is 0 Å². The number of benzene rings is 2. The first-order chi connectivity index (χ1) is 56.8. The van der Waals surface area contributed by atoms with Crippen LogP contribution in [0.25, 0.3) is 21.9 Å². The zero-order valence-corrected chi connectivity index (χ0v) is 252. The van der Waals surface area contributed by atoms with E-state index in [2.05, 4.69) is 885 Å². The number of nitrogen functional groups attached to an aromatic ring is 2. The third-order valence-electron chi connectivity index (χ3n) is 7.85. The topological polar surface area (TPSA) is 141 Å². The fourth-order valence-electron chi connectivity index (χ4n) is 4.33. The van der Waals surface area contributed by atoms with Crippen LogP contribution >= 0.6 is 1230 Å². The van der Waals surface area contributed by atoms with Gasteiger partial charge >= 0.3 is 1240 Å². The predicted octanol–water partition coefficient (Wildman–Crippen LogP) is 77.5. The number of halogens is 93. The van der Waals surface area contributed by atoms with E-state index in [4.69, 9.17) is 51.1 Å². The first kappa shape index (κ1) is 185. The zero-order valence-electron chi connectivity index (χ0n) is 52.3. The molecule has 0 amide bonds. The van der Waals surface area contributed by atoms with Crippen molar-refractivity contribution in [3.8, 4) is 11.5 Å². The van der Waals surface area contributed by atoms with Crippen LogP contribution in [0.15, 0.2) is 27.2 Å². The summed E-state index contributed by atoms with van der Waals surface area (Å²) in [7, 11) is -18.1. The number of nitrogens with two attached hydrogens (primary N) is 2. The molecule has 4 rings (SSSR count). The Morgan fingerprint density at radius 2 is 0.496 bits per heavy atom. The molecule has 0 radical (unpaired) electrons. The molecule has 0 aliphatic carbocycles. The second-order valence-corrected chi connectivity index (χ2v) is 2140. The van der Waals surface area contributed by atoms with Gasteiger partial charge in [0, 0.05) is 19.8 Å². The van der Waals surface area contributed by atoms with Crippen molar-refractivity contribution in [1.29, 1.82) is 0 Å². The van der Waals surface area contributed by atoms with Gasteiger partial charge in [0.2, 0.25) is 0 Å². The van der Waals surface area contributed by atoms with E-state index >= 15 is 0 Å². The van der Waals surface area contributed by atoms with Crippen LogP contribution < -0.4 is 47.5 Å². The molecule has 0 aliphatic heterocycles. The van der Waals surface area contributed by atoms with Crippen molar-refractivity contribution in [3.05, 3.63) is 34.3 Å². The Bertz CT molecular complexity index is 3570. The fraction of sp³-hybridized carbons (Fsp3) is 0.300. The van der Waals surface area contributed by atoms with Gasteiger partial charge in [0.15, 0.2) is 28.6 Å². The summed E-state index contributed by atoms with van der Waals surface area (Å²) in [6.07, 6.45) is 0. The Morgan fingerprint density at radius 1 is 0.285 bits per heavy atom. The van der Waals surface area contributed by atoms with E-state index in [0.29, 0.717) is 84.0 Å². The third-order valence-corrected chi connectivity index (χ3v) is 6950. The number of hydrogen-bond acceptors (Lipinski definition) is 10. The summed E-state index contributed by atoms with van der Waals surface area (Å²) in [6, 6.07) is 5.44. The van der Waals surface area contributed by atoms with Gasteiger partial charge in [-0.2, -0.15) is 0 Å². The van der Waals surface area contributed by atoms with Gasteiger partial charge in [0.25, 0.3) is 0 Å². The van der Waals surface area contributed by atoms with E-state index in [1.807, 2.05) is 12.1 Å². The summed E-state index contributed by atoms with van der Waals surface area (Å²) in [6.45, 7) is 0.860. The summed E-state index contributed by atoms with van der Waals surface area (Å²) in [5.41, 5.74) is 14.2. The van der Waals surface area contributed by atoms with Crippen molar-refractivity contribution in [2.75, 3.05) is 39.9 Å². The van der Waals surface area contributed by atoms with E-state index in [1.54, 1.807) is 27.4 Å². The van der Waals surface area contributed by atoms with E-state index in [1.165, 1.54) is 7.11 Å². The third kappa shape index (κ3) is 71.8. The minimum absolute atomic E-state index is 0.226. The van der Waals surface area contributed by atoms with Gasteiger partial charge in [-0.3, -0.25) is 0 Å². The molecule has 0 unspecified atom stereocenters. The van der Waals surface area contributed by atoms with Crippen molar-refractivity contribution in [2.45, 2.75) is 13.2 Å². The van der Waals surface area contributed by atoms with E-state index in [-0.39, 0.29) is 29.5 Å². The van der Waals surface area contributed by atoms with Gasteiger partial charge in [-0.05, 0) is 23.8 Å². The maximum absolute atomic E-state index is 6.17. The molecule has 0 atom stereocenters. The number of aromatic nitrogens is 2. The Hall–Kier alpha value is 63.9. The second kappa shape index (κ2) is 110. The molecule has 2 aromatic heterocycles. The Labute approximate surface area is 1350 Å². The van der Waals surface area contributed by atoms with Gasteiger partial charge in [-0.1, -0.05) is 21.9 Å². The number of fused-ring (bicyclic) bond motifs is 2. The van der Waals surface area contributed by atoms with Crippen molar-refractivity contribution in [2.24, 2.45) is 0 Å². The Morgan fingerprint density at radius 3 is 0.699 bits per heavy atom. The molecule has 812 valence electrons. The quantitative estimate of drug-likeness (QED) is 0.0411. The van der Waals surface area contributed by atoms with Crippen LogP contribution in [0.1, 0.15) is 11.1 Å². The first-order valence-electron chi connectivity index (χ1n) is 21.9. The second-order valence-electron chi connectivity index (χ2n) is 13.5. The monoisotopic (exact) mass is 12100 g/mol. The Kier molecular flexibility index (Phi) is 165. The average molecular weight is 12100 g/mol. The van der Waals surface area contributed by atoms with E-state index < -0.39 is 316 Å². The van der Waals surface area contributed by atoms with Gasteiger partial charge in [0.05, 0.1) is 32.5 Å². The molecule has 0 fully saturated rings. The molecule has 2 aromatic carbocycles. The normalized spacial score (nSPS) is 16.7. The van der Waals surface area contributed by atoms with Crippen LogP contribution in [0.5, 0.6) is 11.5 Å². The van der Waals surface area contributed by atoms with Crippen LogP contribution in [0, 0.1) is 0 Å². The van der Waals surface area contributed by atoms with E-state index in [0.717, 1.165) is 11.1 Å². The molecular formula is C20H23ClI92N4O6-2. The van der Waals surface area contributed by atoms with Crippen molar-refractivity contribution >= 4 is 1260 Å². The summed E-state index contributed by atoms with van der Waals surface area (Å²) in [4.78, 5) is 0. The molecule has 10 nitrogen and oxygen atoms in total. The standard InChI is InChI=1S/C10H11ClN2O3.C10H12N2O3.I83.I9/c1-14-4-5-3-6-7(10(12)13-16-6)9(15-2)8(5)11;1-13-5-6-3-7(14-2)9-8(4-6)15-12-10(9)11;1-43-45(4)47(6)49(8)51(10)53(12)55(14)57(16)59(18)61(20)63(22)65(24)67(26)69(28)71(30)73(32)75(34)77(36)79(38)81(40)83(42)82(41)80(39)78(37)76(35)74(33)72(31)70(29)68(27)66(25)64(23)62(21)60(19)58(17)56(15)54(13)52(11)50(9)48(7)46(5)44(2)3;1-6-8(4)9(5)7(2)3/h3H,4H2,1-2H3,(H2,12,13);3-4H,5H2,1-2H3,(H2,11,12);;/q;;2*-1. The minimum atomic E-state index is -0.641. The van der Waals surface area contributed by atoms with Crippen molar-refractivity contribution in [1.82, 2.24) is 10.3 Å². The molecule has 0 aliphatic rings. The molecule has 0 saturated carbocycles. The number of nitrogens with zero attached hydrogens (tertiary/aromatic N) is 2. The van der Waals surface area contributed by atoms with Crippen LogP contribution in [0.2, 0.25) is 5.02 Å². The van der Waals surface area contributed by atoms with Crippen LogP contribution in [0.3, 0.4) is 0 Å². The van der Waals surface area contributed by atoms with Crippen molar-refractivity contribution in [3.63, 3.8) is 0 Å². The number of hydrogen-bond donors (Lipinski definition) is 2. The number of ether oxygens (including phenoxy) is 4. The van der Waals surface area contributed by atoms with Gasteiger partial charge in [0.1, 0.15) is 16.5 Å². The van der Waals surface area contributed by atoms with Gasteiger partial charge in [-0.15, -0.1) is 0 Å². The van der Waals surface area contributed by atoms with Gasteiger partial charge in [-0.25, -0.2) is 0 Å². The predicted molar refractivity (Wildman–Crippen MR) is 1380 cm³/mol. The zero-order chi connectivity index (χ0) is 95.8. The number of anilines is 2. The molecule has 123 heavy (non-hydrogen) atoms. The fourth-order valence-corrected chi connectivity index (χ4v) is 16800. The average Bonchev–Trinajstić information content (AvgIpc) is 1.66. The van der Waals surface area contributed by atoms with Crippen LogP contribution in [0.4, 0.5) is 11.6 Å². The SMILES string of the molecule is COCc1cc(OC)c2c(N)noc2c1.COCc1cc2onc(N)c2c(OC)c1Cl.I[I-]I(I)I(I)I(I)I.I[I-]I(I)I(I)I(I)I(I)I(I)I(I)I(I)I(I)I(I)I(I)I(I)I(I)I(I)I(I)I(I)I(I)I(I)I(I)I(I)I(I)I(I)I(I)I(I)I(I)I(I)I(I)I(I)I(I)I(I)I(I)I(I)I(I)I(I)I(I)I(I)I(I)I(I)I(I)I(I)I(I)I. The molecule has 2 heterocycles. The summed E-state index contributed by atoms with van der Waals surface area (Å²) in [5, 5.41) is 9.12. The molecular weight excluding hydrogens is 12100 g/mol. The maximum atomic E-state index is 6.17. The molecule has 103 heteroatoms. The molecule has 0 spiro atoms. The number of rotatable bonds is 49. The Balaban J connectivity index is 0.00000149. The van der Waals surface area contributed by atoms with Crippen molar-refractivity contribution < 1.29 is 54.5 Å².